The maximum absolute atomic E-state index is 12.3. The van der Waals surface area contributed by atoms with Crippen molar-refractivity contribution in [1.29, 1.82) is 0 Å². The highest BCUT2D eigenvalue weighted by molar-refractivity contribution is 9.10. The van der Waals surface area contributed by atoms with Gasteiger partial charge < -0.3 is 14.0 Å². The van der Waals surface area contributed by atoms with Gasteiger partial charge in [0, 0.05) is 23.5 Å². The number of hydrogen-bond acceptors (Lipinski definition) is 4. The van der Waals surface area contributed by atoms with E-state index in [2.05, 4.69) is 20.5 Å². The van der Waals surface area contributed by atoms with E-state index in [4.69, 9.17) is 9.47 Å². The number of aromatic nitrogens is 1. The van der Waals surface area contributed by atoms with Crippen LogP contribution in [0.25, 0.3) is 0 Å². The number of rotatable bonds is 6. The fourth-order valence-corrected chi connectivity index (χ4v) is 3.20. The number of carbonyl (C=O) groups excluding carboxylic acids is 2. The molecule has 0 aliphatic rings. The first-order valence-corrected chi connectivity index (χ1v) is 8.38. The summed E-state index contributed by atoms with van der Waals surface area (Å²) in [4.78, 5) is 24.4. The van der Waals surface area contributed by atoms with Crippen LogP contribution in [0.2, 0.25) is 0 Å². The predicted molar refractivity (Wildman–Crippen MR) is 94.9 cm³/mol. The fraction of sp³-hybridized carbons (Fsp3) is 0.333. The molecule has 0 N–H and O–H groups in total. The van der Waals surface area contributed by atoms with Gasteiger partial charge in [0.2, 0.25) is 5.78 Å². The third-order valence-electron chi connectivity index (χ3n) is 3.91. The molecule has 0 amide bonds. The van der Waals surface area contributed by atoms with E-state index in [0.717, 1.165) is 17.9 Å². The SMILES string of the molecule is CCn1c(C)cc(C(=O)COC(=O)c2ccc(OC)c(Br)c2)c1C. The van der Waals surface area contributed by atoms with Crippen molar-refractivity contribution in [2.45, 2.75) is 27.3 Å². The van der Waals surface area contributed by atoms with Crippen LogP contribution in [0.4, 0.5) is 0 Å². The van der Waals surface area contributed by atoms with Crippen LogP contribution in [0.5, 0.6) is 5.75 Å². The zero-order valence-corrected chi connectivity index (χ0v) is 15.8. The topological polar surface area (TPSA) is 57.5 Å². The van der Waals surface area contributed by atoms with Crippen LogP contribution < -0.4 is 4.74 Å². The quantitative estimate of drug-likeness (QED) is 0.550. The first-order valence-electron chi connectivity index (χ1n) is 7.59. The maximum Gasteiger partial charge on any atom is 0.338 e. The summed E-state index contributed by atoms with van der Waals surface area (Å²) in [6, 6.07) is 6.70. The third kappa shape index (κ3) is 3.70. The number of hydrogen-bond donors (Lipinski definition) is 0. The summed E-state index contributed by atoms with van der Waals surface area (Å²) >= 11 is 3.32. The maximum atomic E-state index is 12.3. The van der Waals surface area contributed by atoms with Gasteiger partial charge in [0.1, 0.15) is 5.75 Å². The molecule has 0 radical (unpaired) electrons. The van der Waals surface area contributed by atoms with Gasteiger partial charge in [0.05, 0.1) is 17.1 Å². The van der Waals surface area contributed by atoms with E-state index in [1.165, 1.54) is 0 Å². The van der Waals surface area contributed by atoms with E-state index < -0.39 is 5.97 Å². The molecule has 1 heterocycles. The molecule has 0 bridgehead atoms. The zero-order chi connectivity index (χ0) is 17.9. The molecule has 0 saturated carbocycles. The molecule has 0 unspecified atom stereocenters. The van der Waals surface area contributed by atoms with E-state index in [0.29, 0.717) is 21.3 Å². The Morgan fingerprint density at radius 2 is 1.92 bits per heavy atom. The Balaban J connectivity index is 2.06. The summed E-state index contributed by atoms with van der Waals surface area (Å²) in [5, 5.41) is 0. The molecule has 2 aromatic rings. The molecule has 6 heteroatoms. The van der Waals surface area contributed by atoms with E-state index in [9.17, 15) is 9.59 Å². The summed E-state index contributed by atoms with van der Waals surface area (Å²) in [6.07, 6.45) is 0. The number of benzene rings is 1. The van der Waals surface area contributed by atoms with Crippen molar-refractivity contribution in [3.8, 4) is 5.75 Å². The smallest absolute Gasteiger partial charge is 0.338 e. The van der Waals surface area contributed by atoms with Crippen molar-refractivity contribution in [2.24, 2.45) is 0 Å². The lowest BCUT2D eigenvalue weighted by Gasteiger charge is -2.08. The highest BCUT2D eigenvalue weighted by atomic mass is 79.9. The summed E-state index contributed by atoms with van der Waals surface area (Å²) in [5.41, 5.74) is 2.86. The number of carbonyl (C=O) groups is 2. The number of Topliss-reactive ketones (excluding diaryl/α,β-unsaturated/α-hetero) is 1. The standard InChI is InChI=1S/C18H20BrNO4/c1-5-20-11(2)8-14(12(20)3)16(21)10-24-18(22)13-6-7-17(23-4)15(19)9-13/h6-9H,5,10H2,1-4H3. The largest absolute Gasteiger partial charge is 0.496 e. The fourth-order valence-electron chi connectivity index (χ4n) is 2.66. The zero-order valence-electron chi connectivity index (χ0n) is 14.2. The van der Waals surface area contributed by atoms with Gasteiger partial charge in [-0.2, -0.15) is 0 Å². The van der Waals surface area contributed by atoms with E-state index >= 15 is 0 Å². The lowest BCUT2D eigenvalue weighted by atomic mass is 10.1. The van der Waals surface area contributed by atoms with Gasteiger partial charge >= 0.3 is 5.97 Å². The lowest BCUT2D eigenvalue weighted by Crippen LogP contribution is -2.15. The number of methoxy groups -OCH3 is 1. The summed E-state index contributed by atoms with van der Waals surface area (Å²) in [5.74, 6) is -0.130. The van der Waals surface area contributed by atoms with Crippen LogP contribution in [-0.2, 0) is 11.3 Å². The van der Waals surface area contributed by atoms with Crippen LogP contribution >= 0.6 is 15.9 Å². The summed E-state index contributed by atoms with van der Waals surface area (Å²) in [7, 11) is 1.55. The Bertz CT molecular complexity index is 780. The van der Waals surface area contributed by atoms with Gasteiger partial charge in [-0.3, -0.25) is 4.79 Å². The Labute approximate surface area is 149 Å². The minimum Gasteiger partial charge on any atom is -0.496 e. The summed E-state index contributed by atoms with van der Waals surface area (Å²) in [6.45, 7) is 6.39. The molecule has 0 atom stereocenters. The van der Waals surface area contributed by atoms with Crippen molar-refractivity contribution in [1.82, 2.24) is 4.57 Å². The second kappa shape index (κ2) is 7.66. The van der Waals surface area contributed by atoms with Crippen molar-refractivity contribution in [3.05, 3.63) is 51.3 Å². The molecule has 24 heavy (non-hydrogen) atoms. The van der Waals surface area contributed by atoms with Crippen LogP contribution in [-0.4, -0.2) is 30.0 Å². The van der Waals surface area contributed by atoms with Gasteiger partial charge in [0.25, 0.3) is 0 Å². The van der Waals surface area contributed by atoms with Crippen LogP contribution in [0.1, 0.15) is 39.0 Å². The average molecular weight is 394 g/mol. The molecule has 5 nitrogen and oxygen atoms in total. The molecule has 0 fully saturated rings. The normalized spacial score (nSPS) is 10.5. The highest BCUT2D eigenvalue weighted by Crippen LogP contribution is 2.25. The predicted octanol–water partition coefficient (Wildman–Crippen LogP) is 3.94. The van der Waals surface area contributed by atoms with Gasteiger partial charge in [-0.25, -0.2) is 4.79 Å². The minimum atomic E-state index is -0.545. The monoisotopic (exact) mass is 393 g/mol. The van der Waals surface area contributed by atoms with Crippen LogP contribution in [0, 0.1) is 13.8 Å². The number of esters is 1. The third-order valence-corrected chi connectivity index (χ3v) is 4.53. The molecule has 2 rings (SSSR count). The second-order valence-electron chi connectivity index (χ2n) is 5.38. The van der Waals surface area contributed by atoms with Crippen LogP contribution in [0.3, 0.4) is 0 Å². The van der Waals surface area contributed by atoms with Crippen molar-refractivity contribution >= 4 is 27.7 Å². The van der Waals surface area contributed by atoms with Crippen LogP contribution in [0.15, 0.2) is 28.7 Å². The van der Waals surface area contributed by atoms with Gasteiger partial charge in [-0.05, 0) is 61.0 Å². The molecule has 1 aromatic carbocycles. The Kier molecular flexibility index (Phi) is 5.83. The second-order valence-corrected chi connectivity index (χ2v) is 6.23. The van der Waals surface area contributed by atoms with E-state index in [1.807, 2.05) is 26.8 Å². The summed E-state index contributed by atoms with van der Waals surface area (Å²) < 4.78 is 13.0. The molecular weight excluding hydrogens is 374 g/mol. The Hall–Kier alpha value is -2.08. The van der Waals surface area contributed by atoms with Gasteiger partial charge in [0.15, 0.2) is 6.61 Å². The molecule has 0 spiro atoms. The van der Waals surface area contributed by atoms with Crippen molar-refractivity contribution < 1.29 is 19.1 Å². The van der Waals surface area contributed by atoms with Gasteiger partial charge in [-0.1, -0.05) is 0 Å². The molecule has 0 aliphatic heterocycles. The van der Waals surface area contributed by atoms with Crippen molar-refractivity contribution in [2.75, 3.05) is 13.7 Å². The average Bonchev–Trinajstić information content (AvgIpc) is 2.86. The first kappa shape index (κ1) is 18.3. The number of nitrogens with zero attached hydrogens (tertiary/aromatic N) is 1. The lowest BCUT2D eigenvalue weighted by molar-refractivity contribution is 0.0474. The number of aryl methyl sites for hydroxylation is 1. The molecule has 128 valence electrons. The molecule has 1 aromatic heterocycles. The van der Waals surface area contributed by atoms with Crippen molar-refractivity contribution in [3.63, 3.8) is 0 Å². The van der Waals surface area contributed by atoms with E-state index in [-0.39, 0.29) is 12.4 Å². The molecule has 0 saturated heterocycles. The number of ether oxygens (including phenoxy) is 2. The number of halogens is 1. The Morgan fingerprint density at radius 3 is 2.46 bits per heavy atom. The van der Waals surface area contributed by atoms with E-state index in [1.54, 1.807) is 25.3 Å². The first-order chi connectivity index (χ1) is 11.4. The molecule has 0 aliphatic carbocycles. The highest BCUT2D eigenvalue weighted by Gasteiger charge is 2.17. The molecular formula is C18H20BrNO4. The minimum absolute atomic E-state index is 0.205. The Morgan fingerprint density at radius 1 is 1.21 bits per heavy atom. The van der Waals surface area contributed by atoms with Gasteiger partial charge in [-0.15, -0.1) is 0 Å². The number of ketones is 1.